The van der Waals surface area contributed by atoms with Crippen LogP contribution < -0.4 is 5.32 Å². The van der Waals surface area contributed by atoms with Crippen LogP contribution in [0, 0.1) is 5.92 Å². The molecule has 0 aliphatic carbocycles. The smallest absolute Gasteiger partial charge is 0.137 e. The van der Waals surface area contributed by atoms with Crippen LogP contribution in [0.25, 0.3) is 0 Å². The lowest BCUT2D eigenvalue weighted by molar-refractivity contribution is -0.124. The zero-order valence-corrected chi connectivity index (χ0v) is 13.0. The summed E-state index contributed by atoms with van der Waals surface area (Å²) < 4.78 is 0. The van der Waals surface area contributed by atoms with Crippen molar-refractivity contribution in [1.29, 1.82) is 0 Å². The number of piperidine rings is 1. The Bertz CT molecular complexity index is 531. The van der Waals surface area contributed by atoms with Gasteiger partial charge in [0.1, 0.15) is 5.78 Å². The number of fused-ring (bicyclic) bond motifs is 2. The largest absolute Gasteiger partial charge is 0.310 e. The Morgan fingerprint density at radius 1 is 1.30 bits per heavy atom. The van der Waals surface area contributed by atoms with E-state index in [0.717, 1.165) is 18.4 Å². The van der Waals surface area contributed by atoms with Crippen LogP contribution >= 0.6 is 23.2 Å². The Hall–Kier alpha value is -0.570. The second kappa shape index (κ2) is 5.67. The van der Waals surface area contributed by atoms with Gasteiger partial charge in [0.25, 0.3) is 0 Å². The van der Waals surface area contributed by atoms with Crippen LogP contribution in [0.4, 0.5) is 0 Å². The van der Waals surface area contributed by atoms with Crippen LogP contribution in [0.2, 0.25) is 10.0 Å². The van der Waals surface area contributed by atoms with Gasteiger partial charge in [-0.1, -0.05) is 36.2 Å². The van der Waals surface area contributed by atoms with Gasteiger partial charge < -0.3 is 5.32 Å². The minimum atomic E-state index is 0.0796. The van der Waals surface area contributed by atoms with E-state index >= 15 is 0 Å². The van der Waals surface area contributed by atoms with E-state index in [2.05, 4.69) is 5.32 Å². The monoisotopic (exact) mass is 311 g/mol. The van der Waals surface area contributed by atoms with E-state index < -0.39 is 0 Å². The molecule has 0 saturated carbocycles. The molecule has 2 unspecified atom stereocenters. The summed E-state index contributed by atoms with van der Waals surface area (Å²) in [6.07, 6.45) is 3.91. The van der Waals surface area contributed by atoms with Crippen LogP contribution in [-0.2, 0) is 4.79 Å². The quantitative estimate of drug-likeness (QED) is 0.906. The molecule has 4 atom stereocenters. The fourth-order valence-corrected chi connectivity index (χ4v) is 4.13. The summed E-state index contributed by atoms with van der Waals surface area (Å²) in [7, 11) is 0. The van der Waals surface area contributed by atoms with E-state index in [-0.39, 0.29) is 11.8 Å². The molecule has 2 aliphatic heterocycles. The molecule has 0 spiro atoms. The minimum Gasteiger partial charge on any atom is -0.310 e. The summed E-state index contributed by atoms with van der Waals surface area (Å²) in [6.45, 7) is 1.95. The molecule has 0 radical (unpaired) electrons. The van der Waals surface area contributed by atoms with E-state index in [0.29, 0.717) is 34.3 Å². The summed E-state index contributed by atoms with van der Waals surface area (Å²) in [5.41, 5.74) is 1.16. The summed E-state index contributed by atoms with van der Waals surface area (Å²) >= 11 is 12.2. The first-order valence-electron chi connectivity index (χ1n) is 7.34. The standard InChI is InChI=1S/C16H19Cl2NO/c1-2-15(20)16-11(8-10-4-6-14(16)19-10)9-3-5-12(17)13(18)7-9/h3,5,7,10-11,14,16,19H,2,4,6,8H2,1H3/t10?,11-,14?,16-/m0/s1. The lowest BCUT2D eigenvalue weighted by Gasteiger charge is -2.37. The number of ketones is 1. The topological polar surface area (TPSA) is 29.1 Å². The lowest BCUT2D eigenvalue weighted by atomic mass is 9.74. The Morgan fingerprint density at radius 2 is 2.10 bits per heavy atom. The van der Waals surface area contributed by atoms with Crippen molar-refractivity contribution in [1.82, 2.24) is 5.32 Å². The van der Waals surface area contributed by atoms with Crippen molar-refractivity contribution in [3.63, 3.8) is 0 Å². The molecule has 1 aromatic rings. The van der Waals surface area contributed by atoms with Crippen molar-refractivity contribution in [3.8, 4) is 0 Å². The van der Waals surface area contributed by atoms with Gasteiger partial charge in [0.2, 0.25) is 0 Å². The lowest BCUT2D eigenvalue weighted by Crippen LogP contribution is -2.47. The van der Waals surface area contributed by atoms with E-state index in [9.17, 15) is 4.79 Å². The predicted molar refractivity (Wildman–Crippen MR) is 82.6 cm³/mol. The molecule has 1 N–H and O–H groups in total. The third-order valence-electron chi connectivity index (χ3n) is 4.77. The Kier molecular flexibility index (Phi) is 4.07. The molecule has 0 amide bonds. The van der Waals surface area contributed by atoms with Crippen molar-refractivity contribution in [3.05, 3.63) is 33.8 Å². The first-order valence-corrected chi connectivity index (χ1v) is 8.09. The molecule has 4 heteroatoms. The zero-order chi connectivity index (χ0) is 14.3. The third-order valence-corrected chi connectivity index (χ3v) is 5.51. The molecule has 2 fully saturated rings. The molecule has 0 aromatic heterocycles. The van der Waals surface area contributed by atoms with Crippen molar-refractivity contribution in [2.75, 3.05) is 0 Å². The Labute approximate surface area is 129 Å². The van der Waals surface area contributed by atoms with Gasteiger partial charge in [0, 0.05) is 24.4 Å². The summed E-state index contributed by atoms with van der Waals surface area (Å²) in [4.78, 5) is 12.4. The van der Waals surface area contributed by atoms with Gasteiger partial charge in [-0.25, -0.2) is 0 Å². The molecule has 1 aromatic carbocycles. The molecule has 2 aliphatic rings. The number of carbonyl (C=O) groups excluding carboxylic acids is 1. The van der Waals surface area contributed by atoms with Gasteiger partial charge in [0.05, 0.1) is 10.0 Å². The summed E-state index contributed by atoms with van der Waals surface area (Å²) in [5, 5.41) is 4.76. The van der Waals surface area contributed by atoms with Crippen molar-refractivity contribution in [2.24, 2.45) is 5.92 Å². The first kappa shape index (κ1) is 14.4. The van der Waals surface area contributed by atoms with Crippen LogP contribution in [0.3, 0.4) is 0 Å². The molecular weight excluding hydrogens is 293 g/mol. The predicted octanol–water partition coefficient (Wildman–Crippen LogP) is 4.20. The van der Waals surface area contributed by atoms with Crippen LogP contribution in [0.1, 0.15) is 44.1 Å². The summed E-state index contributed by atoms with van der Waals surface area (Å²) in [5.74, 6) is 0.714. The van der Waals surface area contributed by atoms with E-state index in [1.54, 1.807) is 0 Å². The minimum absolute atomic E-state index is 0.0796. The highest BCUT2D eigenvalue weighted by atomic mass is 35.5. The third kappa shape index (κ3) is 2.49. The number of Topliss-reactive ketones (excluding diaryl/α,β-unsaturated/α-hetero) is 1. The number of benzene rings is 1. The zero-order valence-electron chi connectivity index (χ0n) is 11.5. The van der Waals surface area contributed by atoms with Gasteiger partial charge in [-0.3, -0.25) is 4.79 Å². The van der Waals surface area contributed by atoms with Gasteiger partial charge in [-0.05, 0) is 42.9 Å². The Morgan fingerprint density at radius 3 is 2.80 bits per heavy atom. The maximum Gasteiger partial charge on any atom is 0.137 e. The average Bonchev–Trinajstić information content (AvgIpc) is 2.82. The molecule has 3 rings (SSSR count). The highest BCUT2D eigenvalue weighted by Gasteiger charge is 2.44. The van der Waals surface area contributed by atoms with Gasteiger partial charge in [0.15, 0.2) is 0 Å². The Balaban J connectivity index is 1.96. The van der Waals surface area contributed by atoms with E-state index in [1.807, 2.05) is 25.1 Å². The van der Waals surface area contributed by atoms with Crippen LogP contribution in [0.5, 0.6) is 0 Å². The number of halogens is 2. The number of hydrogen-bond acceptors (Lipinski definition) is 2. The van der Waals surface area contributed by atoms with Gasteiger partial charge >= 0.3 is 0 Å². The summed E-state index contributed by atoms with van der Waals surface area (Å²) in [6, 6.07) is 6.69. The van der Waals surface area contributed by atoms with Crippen LogP contribution in [-0.4, -0.2) is 17.9 Å². The van der Waals surface area contributed by atoms with Crippen molar-refractivity contribution in [2.45, 2.75) is 50.6 Å². The second-order valence-corrected chi connectivity index (χ2v) is 6.72. The molecule has 20 heavy (non-hydrogen) atoms. The SMILES string of the molecule is CCC(=O)[C@@H]1C2CCC(C[C@H]1c1ccc(Cl)c(Cl)c1)N2. The van der Waals surface area contributed by atoms with Gasteiger partial charge in [-0.15, -0.1) is 0 Å². The highest BCUT2D eigenvalue weighted by molar-refractivity contribution is 6.42. The fraction of sp³-hybridized carbons (Fsp3) is 0.562. The highest BCUT2D eigenvalue weighted by Crippen LogP contribution is 2.43. The first-order chi connectivity index (χ1) is 9.60. The number of carbonyl (C=O) groups is 1. The van der Waals surface area contributed by atoms with Crippen molar-refractivity contribution < 1.29 is 4.79 Å². The van der Waals surface area contributed by atoms with E-state index in [4.69, 9.17) is 23.2 Å². The maximum atomic E-state index is 12.4. The molecule has 108 valence electrons. The molecular formula is C16H19Cl2NO. The molecule has 2 heterocycles. The molecule has 2 bridgehead atoms. The van der Waals surface area contributed by atoms with Crippen LogP contribution in [0.15, 0.2) is 18.2 Å². The van der Waals surface area contributed by atoms with Crippen molar-refractivity contribution >= 4 is 29.0 Å². The average molecular weight is 312 g/mol. The maximum absolute atomic E-state index is 12.4. The number of hydrogen-bond donors (Lipinski definition) is 1. The van der Waals surface area contributed by atoms with Gasteiger partial charge in [-0.2, -0.15) is 0 Å². The molecule has 2 nitrogen and oxygen atoms in total. The number of nitrogens with one attached hydrogen (secondary N) is 1. The van der Waals surface area contributed by atoms with E-state index in [1.165, 1.54) is 6.42 Å². The fourth-order valence-electron chi connectivity index (χ4n) is 3.82. The second-order valence-electron chi connectivity index (χ2n) is 5.91. The molecule has 2 saturated heterocycles. The normalized spacial score (nSPS) is 32.4. The number of rotatable bonds is 3.